The molecule has 0 bridgehead atoms. The fraction of sp³-hybridized carbons (Fsp3) is 0. The largest absolute Gasteiger partial charge is 0.435 e. The molecule has 5 nitrogen and oxygen atoms in total. The molecule has 3 heterocycles. The van der Waals surface area contributed by atoms with Gasteiger partial charge in [0, 0.05) is 47.8 Å². The van der Waals surface area contributed by atoms with Crippen molar-refractivity contribution < 1.29 is 4.42 Å². The summed E-state index contributed by atoms with van der Waals surface area (Å²) >= 11 is 1.79. The van der Waals surface area contributed by atoms with Crippen LogP contribution in [0.15, 0.2) is 186 Å². The minimum Gasteiger partial charge on any atom is -0.435 e. The molecule has 3 aromatic heterocycles. The van der Waals surface area contributed by atoms with Gasteiger partial charge in [0.1, 0.15) is 5.52 Å². The Morgan fingerprint density at radius 1 is 0.393 bits per heavy atom. The topological polar surface area (TPSA) is 64.7 Å². The smallest absolute Gasteiger partial charge is 0.227 e. The lowest BCUT2D eigenvalue weighted by atomic mass is 9.98. The number of rotatable bonds is 6. The Bertz CT molecular complexity index is 3190. The monoisotopic (exact) mass is 734 g/mol. The van der Waals surface area contributed by atoms with Crippen molar-refractivity contribution in [2.75, 3.05) is 0 Å². The molecular formula is C50H30N4OS. The highest BCUT2D eigenvalue weighted by molar-refractivity contribution is 7.26. The maximum atomic E-state index is 6.68. The fourth-order valence-electron chi connectivity index (χ4n) is 7.75. The van der Waals surface area contributed by atoms with E-state index in [4.69, 9.17) is 24.4 Å². The molecule has 0 amide bonds. The Balaban J connectivity index is 1.04. The van der Waals surface area contributed by atoms with E-state index in [0.29, 0.717) is 23.4 Å². The van der Waals surface area contributed by atoms with Gasteiger partial charge in [0.2, 0.25) is 5.89 Å². The van der Waals surface area contributed by atoms with Crippen LogP contribution in [0.25, 0.3) is 110 Å². The second kappa shape index (κ2) is 13.2. The molecule has 0 aliphatic heterocycles. The molecule has 0 saturated heterocycles. The van der Waals surface area contributed by atoms with E-state index in [9.17, 15) is 0 Å². The first-order valence-electron chi connectivity index (χ1n) is 18.6. The average molecular weight is 735 g/mol. The van der Waals surface area contributed by atoms with Gasteiger partial charge in [-0.25, -0.2) is 19.9 Å². The zero-order chi connectivity index (χ0) is 37.0. The summed E-state index contributed by atoms with van der Waals surface area (Å²) in [4.78, 5) is 20.1. The third-order valence-corrected chi connectivity index (χ3v) is 11.6. The molecule has 56 heavy (non-hydrogen) atoms. The van der Waals surface area contributed by atoms with Gasteiger partial charge in [-0.1, -0.05) is 158 Å². The van der Waals surface area contributed by atoms with E-state index >= 15 is 0 Å². The molecule has 11 rings (SSSR count). The minimum absolute atomic E-state index is 0.598. The van der Waals surface area contributed by atoms with Crippen LogP contribution in [-0.2, 0) is 0 Å². The molecule has 0 spiro atoms. The molecule has 262 valence electrons. The zero-order valence-corrected chi connectivity index (χ0v) is 30.7. The normalized spacial score (nSPS) is 11.6. The van der Waals surface area contributed by atoms with Crippen LogP contribution >= 0.6 is 11.3 Å². The highest BCUT2D eigenvalue weighted by atomic mass is 32.1. The molecule has 6 heteroatoms. The van der Waals surface area contributed by atoms with Crippen LogP contribution in [0.4, 0.5) is 0 Å². The molecule has 11 aromatic rings. The Morgan fingerprint density at radius 3 is 1.73 bits per heavy atom. The Hall–Kier alpha value is -7.28. The molecule has 0 unspecified atom stereocenters. The molecular weight excluding hydrogens is 705 g/mol. The van der Waals surface area contributed by atoms with E-state index in [-0.39, 0.29) is 0 Å². The quantitative estimate of drug-likeness (QED) is 0.170. The van der Waals surface area contributed by atoms with Gasteiger partial charge in [-0.3, -0.25) is 0 Å². The van der Waals surface area contributed by atoms with Crippen molar-refractivity contribution in [1.82, 2.24) is 19.9 Å². The molecule has 0 saturated carbocycles. The molecule has 0 aliphatic carbocycles. The van der Waals surface area contributed by atoms with Crippen molar-refractivity contribution in [3.8, 4) is 67.9 Å². The van der Waals surface area contributed by atoms with Crippen molar-refractivity contribution in [1.29, 1.82) is 0 Å². The standard InChI is InChI=1S/C50H30N4OS/c1-4-14-31(15-5-1)37-23-11-20-32-28-29-41-45(43(32)37)55-50(51-41)36-22-10-21-35(30-36)38-24-12-25-39-44-40(26-13-27-42(44)56-46(38)39)49-53-47(33-16-6-2-7-17-33)52-48(54-49)34-18-8-3-9-19-34/h1-30H. The summed E-state index contributed by atoms with van der Waals surface area (Å²) in [6.45, 7) is 0. The van der Waals surface area contributed by atoms with E-state index in [1.54, 1.807) is 11.3 Å². The third-order valence-electron chi connectivity index (χ3n) is 10.4. The Morgan fingerprint density at radius 2 is 0.982 bits per heavy atom. The summed E-state index contributed by atoms with van der Waals surface area (Å²) in [6, 6.07) is 62.7. The van der Waals surface area contributed by atoms with E-state index in [1.807, 2.05) is 66.7 Å². The first kappa shape index (κ1) is 32.2. The molecule has 0 N–H and O–H groups in total. The summed E-state index contributed by atoms with van der Waals surface area (Å²) in [5.41, 5.74) is 9.95. The van der Waals surface area contributed by atoms with Gasteiger partial charge in [-0.15, -0.1) is 11.3 Å². The van der Waals surface area contributed by atoms with E-state index in [0.717, 1.165) is 77.2 Å². The molecule has 0 aliphatic rings. The predicted octanol–water partition coefficient (Wildman–Crippen LogP) is 13.5. The van der Waals surface area contributed by atoms with Gasteiger partial charge in [0.25, 0.3) is 0 Å². The fourth-order valence-corrected chi connectivity index (χ4v) is 9.01. The summed E-state index contributed by atoms with van der Waals surface area (Å²) in [5, 5.41) is 4.49. The Labute approximate surface area is 326 Å². The van der Waals surface area contributed by atoms with E-state index in [2.05, 4.69) is 115 Å². The van der Waals surface area contributed by atoms with Crippen molar-refractivity contribution in [3.05, 3.63) is 182 Å². The number of hydrogen-bond donors (Lipinski definition) is 0. The number of benzene rings is 8. The highest BCUT2D eigenvalue weighted by Gasteiger charge is 2.20. The maximum absolute atomic E-state index is 6.68. The van der Waals surface area contributed by atoms with Crippen LogP contribution < -0.4 is 0 Å². The number of fused-ring (bicyclic) bond motifs is 6. The van der Waals surface area contributed by atoms with Crippen molar-refractivity contribution in [2.45, 2.75) is 0 Å². The third kappa shape index (κ3) is 5.46. The van der Waals surface area contributed by atoms with Crippen LogP contribution in [0, 0.1) is 0 Å². The number of oxazole rings is 1. The second-order valence-corrected chi connectivity index (χ2v) is 14.8. The first-order chi connectivity index (χ1) is 27.7. The number of hydrogen-bond acceptors (Lipinski definition) is 6. The summed E-state index contributed by atoms with van der Waals surface area (Å²) in [5.74, 6) is 2.54. The van der Waals surface area contributed by atoms with Gasteiger partial charge < -0.3 is 4.42 Å². The average Bonchev–Trinajstić information content (AvgIpc) is 3.90. The predicted molar refractivity (Wildman–Crippen MR) is 230 cm³/mol. The van der Waals surface area contributed by atoms with E-state index in [1.165, 1.54) is 9.40 Å². The van der Waals surface area contributed by atoms with Gasteiger partial charge >= 0.3 is 0 Å². The number of thiophene rings is 1. The van der Waals surface area contributed by atoms with Crippen LogP contribution in [0.5, 0.6) is 0 Å². The highest BCUT2D eigenvalue weighted by Crippen LogP contribution is 2.44. The molecule has 0 radical (unpaired) electrons. The van der Waals surface area contributed by atoms with Crippen LogP contribution in [0.1, 0.15) is 0 Å². The second-order valence-electron chi connectivity index (χ2n) is 13.8. The summed E-state index contributed by atoms with van der Waals surface area (Å²) in [7, 11) is 0. The Kier molecular flexibility index (Phi) is 7.60. The van der Waals surface area contributed by atoms with Crippen molar-refractivity contribution in [3.63, 3.8) is 0 Å². The van der Waals surface area contributed by atoms with Crippen LogP contribution in [0.3, 0.4) is 0 Å². The lowest BCUT2D eigenvalue weighted by molar-refractivity contribution is 0.623. The SMILES string of the molecule is c1ccc(-c2nc(-c3ccccc3)nc(-c3cccc4sc5c(-c6cccc(-c7nc8ccc9cccc(-c%10ccccc%10)c9c8o7)c6)cccc5c34)n2)cc1. The van der Waals surface area contributed by atoms with Crippen LogP contribution in [0.2, 0.25) is 0 Å². The van der Waals surface area contributed by atoms with Crippen molar-refractivity contribution >= 4 is 53.4 Å². The zero-order valence-electron chi connectivity index (χ0n) is 29.9. The first-order valence-corrected chi connectivity index (χ1v) is 19.4. The van der Waals surface area contributed by atoms with Gasteiger partial charge in [0.05, 0.1) is 0 Å². The van der Waals surface area contributed by atoms with Crippen molar-refractivity contribution in [2.24, 2.45) is 0 Å². The summed E-state index contributed by atoms with van der Waals surface area (Å²) in [6.07, 6.45) is 0. The maximum Gasteiger partial charge on any atom is 0.227 e. The lowest BCUT2D eigenvalue weighted by Crippen LogP contribution is -2.00. The molecule has 8 aromatic carbocycles. The lowest BCUT2D eigenvalue weighted by Gasteiger charge is -2.09. The van der Waals surface area contributed by atoms with E-state index < -0.39 is 0 Å². The van der Waals surface area contributed by atoms with Gasteiger partial charge in [-0.05, 0) is 51.9 Å². The van der Waals surface area contributed by atoms with Crippen LogP contribution in [-0.4, -0.2) is 19.9 Å². The van der Waals surface area contributed by atoms with Gasteiger partial charge in [0.15, 0.2) is 23.1 Å². The number of nitrogens with zero attached hydrogens (tertiary/aromatic N) is 4. The minimum atomic E-state index is 0.598. The summed E-state index contributed by atoms with van der Waals surface area (Å²) < 4.78 is 9.04. The van der Waals surface area contributed by atoms with Gasteiger partial charge in [-0.2, -0.15) is 0 Å². The number of aromatic nitrogens is 4. The molecule has 0 fully saturated rings. The molecule has 0 atom stereocenters.